The largest absolute Gasteiger partial charge is 0.309 e. The van der Waals surface area contributed by atoms with Crippen molar-refractivity contribution in [2.45, 2.75) is 37.5 Å². The third-order valence-corrected chi connectivity index (χ3v) is 20.8. The van der Waals surface area contributed by atoms with Crippen molar-refractivity contribution in [1.82, 2.24) is 15.0 Å². The van der Waals surface area contributed by atoms with Crippen LogP contribution < -0.4 is 15.9 Å². The van der Waals surface area contributed by atoms with Crippen LogP contribution in [0.1, 0.15) is 43.2 Å². The molecule has 1 heterocycles. The molecule has 0 bridgehead atoms. The highest BCUT2D eigenvalue weighted by atomic mass is 31.2. The fraction of sp³-hybridized carbons (Fsp3) is 0.0759. The Bertz CT molecular complexity index is 4650. The van der Waals surface area contributed by atoms with E-state index in [1.54, 1.807) is 0 Å². The average molecular weight is 1100 g/mol. The Labute approximate surface area is 490 Å². The molecule has 0 aliphatic heterocycles. The SMILES string of the molecule is O=P(c1ccccc1)(c1ccccc1)c1c2ccccc2c(-c2ccc(C3(c4ccc(-c5nc(-c6cccc(-c7ccccc7)c6)nc(-c6c7ccccc7c(-c7ccccc7)c7ccccc67)n5)cc4)CCCCC3)cc2)c2ccccc12. The molecular formula is C79H58N3OP. The van der Waals surface area contributed by atoms with Crippen molar-refractivity contribution in [3.05, 3.63) is 302 Å². The second-order valence-corrected chi connectivity index (χ2v) is 25.1. The first kappa shape index (κ1) is 51.1. The Morgan fingerprint density at radius 2 is 0.619 bits per heavy atom. The Balaban J connectivity index is 0.853. The van der Waals surface area contributed by atoms with Crippen LogP contribution in [0, 0.1) is 0 Å². The maximum Gasteiger partial charge on any atom is 0.172 e. The third kappa shape index (κ3) is 8.76. The van der Waals surface area contributed by atoms with E-state index in [1.165, 1.54) is 28.7 Å². The molecule has 0 amide bonds. The lowest BCUT2D eigenvalue weighted by atomic mass is 9.65. The minimum Gasteiger partial charge on any atom is -0.309 e. The standard InChI is InChI=1S/C79H58N3OP/c83-84(62-31-10-3-11-32-62,63-33-12-4-13-34-63)75-70-41-20-18-39-68(70)73(69-40-19-21-42-71(69)75)56-43-47-60(48-44-56)79(51-22-5-23-52-79)61-49-45-57(46-50-61)76-80-77(59-30-24-29-58(53-59)54-25-6-1-7-26-54)82-78(81-76)74-66-37-16-14-35-64(66)72(55-27-8-2-9-28-55)65-36-15-17-38-67(65)74/h1-4,6-21,24-50,53H,5,22-23,51-52H2. The van der Waals surface area contributed by atoms with Crippen LogP contribution >= 0.6 is 7.14 Å². The molecule has 4 nitrogen and oxygen atoms in total. The molecule has 1 aliphatic rings. The summed E-state index contributed by atoms with van der Waals surface area (Å²) in [5, 5.41) is 11.2. The summed E-state index contributed by atoms with van der Waals surface area (Å²) >= 11 is 0. The molecule has 14 aromatic rings. The number of benzene rings is 13. The van der Waals surface area contributed by atoms with Gasteiger partial charge in [-0.2, -0.15) is 0 Å². The van der Waals surface area contributed by atoms with Crippen LogP contribution in [0.3, 0.4) is 0 Å². The molecule has 400 valence electrons. The van der Waals surface area contributed by atoms with Crippen LogP contribution in [0.4, 0.5) is 0 Å². The van der Waals surface area contributed by atoms with Crippen molar-refractivity contribution in [2.75, 3.05) is 0 Å². The van der Waals surface area contributed by atoms with Crippen LogP contribution in [-0.4, -0.2) is 15.0 Å². The predicted molar refractivity (Wildman–Crippen MR) is 352 cm³/mol. The van der Waals surface area contributed by atoms with E-state index in [2.05, 4.69) is 231 Å². The number of hydrogen-bond donors (Lipinski definition) is 0. The van der Waals surface area contributed by atoms with Gasteiger partial charge in [0.1, 0.15) is 0 Å². The van der Waals surface area contributed by atoms with Crippen molar-refractivity contribution in [3.63, 3.8) is 0 Å². The highest BCUT2D eigenvalue weighted by molar-refractivity contribution is 7.86. The zero-order valence-corrected chi connectivity index (χ0v) is 47.3. The van der Waals surface area contributed by atoms with Crippen molar-refractivity contribution in [1.29, 1.82) is 0 Å². The highest BCUT2D eigenvalue weighted by Crippen LogP contribution is 2.51. The summed E-state index contributed by atoms with van der Waals surface area (Å²) in [5.41, 5.74) is 12.2. The molecule has 1 aliphatic carbocycles. The second kappa shape index (κ2) is 21.5. The topological polar surface area (TPSA) is 55.7 Å². The number of aromatic nitrogens is 3. The van der Waals surface area contributed by atoms with E-state index in [9.17, 15) is 0 Å². The predicted octanol–water partition coefficient (Wildman–Crippen LogP) is 19.4. The second-order valence-electron chi connectivity index (χ2n) is 22.4. The van der Waals surface area contributed by atoms with Gasteiger partial charge in [0.25, 0.3) is 0 Å². The Kier molecular flexibility index (Phi) is 13.1. The summed E-state index contributed by atoms with van der Waals surface area (Å²) in [6.45, 7) is 0. The van der Waals surface area contributed by atoms with Gasteiger partial charge in [-0.05, 0) is 107 Å². The van der Waals surface area contributed by atoms with Crippen LogP contribution in [0.25, 0.3) is 111 Å². The molecule has 1 saturated carbocycles. The van der Waals surface area contributed by atoms with E-state index >= 15 is 4.57 Å². The summed E-state index contributed by atoms with van der Waals surface area (Å²) in [6, 6.07) is 103. The van der Waals surface area contributed by atoms with Crippen LogP contribution in [0.15, 0.2) is 291 Å². The fourth-order valence-corrected chi connectivity index (χ4v) is 16.8. The van der Waals surface area contributed by atoms with Crippen molar-refractivity contribution >= 4 is 66.1 Å². The van der Waals surface area contributed by atoms with E-state index in [0.717, 1.165) is 124 Å². The molecule has 0 spiro atoms. The highest BCUT2D eigenvalue weighted by Gasteiger charge is 2.37. The normalized spacial score (nSPS) is 13.4. The molecule has 1 aromatic heterocycles. The van der Waals surface area contributed by atoms with Crippen molar-refractivity contribution < 1.29 is 4.57 Å². The maximum atomic E-state index is 16.3. The molecule has 13 aromatic carbocycles. The molecular weight excluding hydrogens is 1040 g/mol. The quantitative estimate of drug-likeness (QED) is 0.0957. The number of nitrogens with zero attached hydrogens (tertiary/aromatic N) is 3. The van der Waals surface area contributed by atoms with E-state index in [-0.39, 0.29) is 5.41 Å². The fourth-order valence-electron chi connectivity index (χ4n) is 13.7. The van der Waals surface area contributed by atoms with Gasteiger partial charge in [0.05, 0.1) is 0 Å². The average Bonchev–Trinajstić information content (AvgIpc) is 1.62. The van der Waals surface area contributed by atoms with Gasteiger partial charge in [-0.1, -0.05) is 304 Å². The summed E-state index contributed by atoms with van der Waals surface area (Å²) in [7, 11) is -3.36. The molecule has 1 fully saturated rings. The molecule has 0 saturated heterocycles. The Hall–Kier alpha value is -9.86. The molecule has 5 heteroatoms. The van der Waals surface area contributed by atoms with Crippen LogP contribution in [0.5, 0.6) is 0 Å². The van der Waals surface area contributed by atoms with Gasteiger partial charge in [0.15, 0.2) is 24.6 Å². The van der Waals surface area contributed by atoms with Crippen LogP contribution in [-0.2, 0) is 9.98 Å². The smallest absolute Gasteiger partial charge is 0.172 e. The maximum absolute atomic E-state index is 16.3. The molecule has 0 atom stereocenters. The number of hydrogen-bond acceptors (Lipinski definition) is 4. The first-order valence-corrected chi connectivity index (χ1v) is 31.0. The van der Waals surface area contributed by atoms with Crippen molar-refractivity contribution in [2.24, 2.45) is 0 Å². The Morgan fingerprint density at radius 1 is 0.274 bits per heavy atom. The van der Waals surface area contributed by atoms with Gasteiger partial charge >= 0.3 is 0 Å². The molecule has 0 N–H and O–H groups in total. The van der Waals surface area contributed by atoms with Gasteiger partial charge in [-0.3, -0.25) is 0 Å². The number of rotatable bonds is 11. The summed E-state index contributed by atoms with van der Waals surface area (Å²) in [6.07, 6.45) is 5.62. The van der Waals surface area contributed by atoms with E-state index < -0.39 is 7.14 Å². The zero-order valence-electron chi connectivity index (χ0n) is 46.4. The monoisotopic (exact) mass is 1100 g/mol. The van der Waals surface area contributed by atoms with Gasteiger partial charge in [-0.25, -0.2) is 15.0 Å². The molecule has 15 rings (SSSR count). The van der Waals surface area contributed by atoms with Gasteiger partial charge in [0.2, 0.25) is 0 Å². The van der Waals surface area contributed by atoms with Gasteiger partial charge in [0, 0.05) is 38.0 Å². The van der Waals surface area contributed by atoms with Crippen LogP contribution in [0.2, 0.25) is 0 Å². The summed E-state index contributed by atoms with van der Waals surface area (Å²) in [4.78, 5) is 16.3. The minimum absolute atomic E-state index is 0.188. The lowest BCUT2D eigenvalue weighted by Gasteiger charge is -2.39. The van der Waals surface area contributed by atoms with E-state index in [0.29, 0.717) is 17.5 Å². The zero-order chi connectivity index (χ0) is 56.0. The Morgan fingerprint density at radius 3 is 1.11 bits per heavy atom. The van der Waals surface area contributed by atoms with Gasteiger partial charge < -0.3 is 4.57 Å². The first-order valence-electron chi connectivity index (χ1n) is 29.3. The summed E-state index contributed by atoms with van der Waals surface area (Å²) < 4.78 is 16.3. The van der Waals surface area contributed by atoms with Gasteiger partial charge in [-0.15, -0.1) is 0 Å². The lowest BCUT2D eigenvalue weighted by Crippen LogP contribution is -2.30. The number of fused-ring (bicyclic) bond motifs is 4. The minimum atomic E-state index is -3.36. The molecule has 0 radical (unpaired) electrons. The molecule has 0 unspecified atom stereocenters. The summed E-state index contributed by atoms with van der Waals surface area (Å²) in [5.74, 6) is 1.89. The lowest BCUT2D eigenvalue weighted by molar-refractivity contribution is 0.346. The molecule has 84 heavy (non-hydrogen) atoms. The van der Waals surface area contributed by atoms with E-state index in [4.69, 9.17) is 15.0 Å². The van der Waals surface area contributed by atoms with E-state index in [1.807, 2.05) is 60.7 Å². The first-order chi connectivity index (χ1) is 41.5. The third-order valence-electron chi connectivity index (χ3n) is 17.7. The van der Waals surface area contributed by atoms with Crippen molar-refractivity contribution in [3.8, 4) is 67.5 Å².